The van der Waals surface area contributed by atoms with Gasteiger partial charge in [-0.2, -0.15) is 4.31 Å². The fourth-order valence-electron chi connectivity index (χ4n) is 2.60. The molecule has 5 nitrogen and oxygen atoms in total. The van der Waals surface area contributed by atoms with Gasteiger partial charge < -0.3 is 5.32 Å². The lowest BCUT2D eigenvalue weighted by Gasteiger charge is -2.20. The smallest absolute Gasteiger partial charge is 0.243 e. The van der Waals surface area contributed by atoms with Crippen LogP contribution in [0.2, 0.25) is 5.02 Å². The molecular weight excluding hydrogens is 336 g/mol. The maximum Gasteiger partial charge on any atom is 0.243 e. The Kier molecular flexibility index (Phi) is 5.84. The highest BCUT2D eigenvalue weighted by molar-refractivity contribution is 7.89. The lowest BCUT2D eigenvalue weighted by molar-refractivity contribution is -0.117. The van der Waals surface area contributed by atoms with Crippen LogP contribution in [0.15, 0.2) is 35.7 Å². The maximum atomic E-state index is 12.8. The van der Waals surface area contributed by atoms with E-state index in [1.165, 1.54) is 16.4 Å². The van der Waals surface area contributed by atoms with Gasteiger partial charge in [0, 0.05) is 24.2 Å². The average Bonchev–Trinajstić information content (AvgIpc) is 2.75. The largest absolute Gasteiger partial charge is 0.350 e. The molecule has 126 valence electrons. The van der Waals surface area contributed by atoms with Crippen molar-refractivity contribution in [3.8, 4) is 0 Å². The molecule has 1 aliphatic heterocycles. The first-order valence-corrected chi connectivity index (χ1v) is 9.35. The minimum absolute atomic E-state index is 0.0256. The van der Waals surface area contributed by atoms with E-state index < -0.39 is 10.0 Å². The molecule has 1 unspecified atom stereocenters. The number of carbonyl (C=O) groups is 1. The third-order valence-electron chi connectivity index (χ3n) is 4.00. The van der Waals surface area contributed by atoms with E-state index in [1.54, 1.807) is 12.1 Å². The van der Waals surface area contributed by atoms with Crippen molar-refractivity contribution < 1.29 is 13.2 Å². The molecule has 23 heavy (non-hydrogen) atoms. The summed E-state index contributed by atoms with van der Waals surface area (Å²) in [5.41, 5.74) is 0.841. The number of benzene rings is 1. The van der Waals surface area contributed by atoms with Gasteiger partial charge in [0.25, 0.3) is 0 Å². The monoisotopic (exact) mass is 356 g/mol. The van der Waals surface area contributed by atoms with Crippen molar-refractivity contribution in [3.05, 3.63) is 41.4 Å². The number of sulfonamides is 1. The van der Waals surface area contributed by atoms with Gasteiger partial charge in [0.1, 0.15) is 0 Å². The van der Waals surface area contributed by atoms with Gasteiger partial charge in [-0.05, 0) is 50.0 Å². The summed E-state index contributed by atoms with van der Waals surface area (Å²) in [6.45, 7) is 6.07. The van der Waals surface area contributed by atoms with Crippen molar-refractivity contribution in [2.45, 2.75) is 37.1 Å². The van der Waals surface area contributed by atoms with Gasteiger partial charge in [-0.1, -0.05) is 24.2 Å². The Morgan fingerprint density at radius 2 is 2.13 bits per heavy atom. The van der Waals surface area contributed by atoms with Crippen LogP contribution in [-0.4, -0.2) is 37.8 Å². The molecule has 1 heterocycles. The van der Waals surface area contributed by atoms with E-state index in [4.69, 9.17) is 11.6 Å². The molecule has 0 spiro atoms. The number of nitrogens with one attached hydrogen (secondary N) is 1. The van der Waals surface area contributed by atoms with Crippen molar-refractivity contribution in [2.75, 3.05) is 13.1 Å². The molecular formula is C16H21ClN2O3S. The Labute approximate surface area is 142 Å². The van der Waals surface area contributed by atoms with E-state index >= 15 is 0 Å². The zero-order valence-corrected chi connectivity index (χ0v) is 14.7. The topological polar surface area (TPSA) is 66.5 Å². The molecule has 1 N–H and O–H groups in total. The summed E-state index contributed by atoms with van der Waals surface area (Å²) in [5.74, 6) is -0.225. The molecule has 0 radical (unpaired) electrons. The average molecular weight is 357 g/mol. The van der Waals surface area contributed by atoms with Crippen LogP contribution in [0.4, 0.5) is 0 Å². The predicted molar refractivity (Wildman–Crippen MR) is 90.9 cm³/mol. The molecule has 1 fully saturated rings. The van der Waals surface area contributed by atoms with Crippen LogP contribution < -0.4 is 5.32 Å². The molecule has 2 rings (SSSR count). The van der Waals surface area contributed by atoms with Gasteiger partial charge in [-0.25, -0.2) is 8.42 Å². The van der Waals surface area contributed by atoms with E-state index in [0.717, 1.165) is 12.0 Å². The highest BCUT2D eigenvalue weighted by atomic mass is 35.5. The minimum Gasteiger partial charge on any atom is -0.350 e. The van der Waals surface area contributed by atoms with Crippen LogP contribution in [0, 0.1) is 6.92 Å². The number of carbonyl (C=O) groups excluding carboxylic acids is 1. The second-order valence-electron chi connectivity index (χ2n) is 5.66. The molecule has 1 amide bonds. The van der Waals surface area contributed by atoms with Gasteiger partial charge in [-0.3, -0.25) is 4.79 Å². The number of hydrogen-bond acceptors (Lipinski definition) is 3. The quantitative estimate of drug-likeness (QED) is 0.843. The molecule has 7 heteroatoms. The molecule has 0 bridgehead atoms. The van der Waals surface area contributed by atoms with Gasteiger partial charge in [0.15, 0.2) is 0 Å². The van der Waals surface area contributed by atoms with Crippen LogP contribution in [-0.2, 0) is 14.8 Å². The Morgan fingerprint density at radius 1 is 1.39 bits per heavy atom. The summed E-state index contributed by atoms with van der Waals surface area (Å²) < 4.78 is 27.0. The van der Waals surface area contributed by atoms with Gasteiger partial charge in [-0.15, -0.1) is 0 Å². The minimum atomic E-state index is -3.57. The first kappa shape index (κ1) is 18.0. The summed E-state index contributed by atoms with van der Waals surface area (Å²) in [4.78, 5) is 11.6. The lowest BCUT2D eigenvalue weighted by Crippen LogP contribution is -2.36. The van der Waals surface area contributed by atoms with E-state index in [2.05, 4.69) is 11.9 Å². The molecule has 0 aromatic heterocycles. The second kappa shape index (κ2) is 7.47. The molecule has 1 aromatic carbocycles. The van der Waals surface area contributed by atoms with Crippen molar-refractivity contribution in [1.82, 2.24) is 9.62 Å². The van der Waals surface area contributed by atoms with E-state index in [9.17, 15) is 13.2 Å². The highest BCUT2D eigenvalue weighted by Gasteiger charge is 2.28. The van der Waals surface area contributed by atoms with E-state index in [1.807, 2.05) is 6.92 Å². The van der Waals surface area contributed by atoms with E-state index in [0.29, 0.717) is 31.0 Å². The maximum absolute atomic E-state index is 12.8. The normalized spacial score (nSPS) is 19.8. The third-order valence-corrected chi connectivity index (χ3v) is 6.30. The summed E-state index contributed by atoms with van der Waals surface area (Å²) in [6.07, 6.45) is 3.26. The van der Waals surface area contributed by atoms with Gasteiger partial charge >= 0.3 is 0 Å². The van der Waals surface area contributed by atoms with Crippen molar-refractivity contribution >= 4 is 27.5 Å². The van der Waals surface area contributed by atoms with E-state index in [-0.39, 0.29) is 16.8 Å². The SMILES string of the molecule is C=CC(=O)NC1CCCN(S(=O)(=O)c2ccc(C)c(Cl)c2)CC1. The first-order chi connectivity index (χ1) is 10.8. The van der Waals surface area contributed by atoms with Gasteiger partial charge in [0.2, 0.25) is 15.9 Å². The molecule has 1 aromatic rings. The number of nitrogens with zero attached hydrogens (tertiary/aromatic N) is 1. The van der Waals surface area contributed by atoms with Crippen molar-refractivity contribution in [3.63, 3.8) is 0 Å². The number of hydrogen-bond donors (Lipinski definition) is 1. The standard InChI is InChI=1S/C16H21ClN2O3S/c1-3-16(20)18-13-5-4-9-19(10-8-13)23(21,22)14-7-6-12(2)15(17)11-14/h3,6-7,11,13H,1,4-5,8-10H2,2H3,(H,18,20). The number of amides is 1. The predicted octanol–water partition coefficient (Wildman–Crippen LogP) is 2.49. The molecule has 0 aliphatic carbocycles. The van der Waals surface area contributed by atoms with Crippen LogP contribution in [0.5, 0.6) is 0 Å². The molecule has 1 atom stereocenters. The van der Waals surface area contributed by atoms with Crippen LogP contribution >= 0.6 is 11.6 Å². The molecule has 1 aliphatic rings. The zero-order chi connectivity index (χ0) is 17.0. The fraction of sp³-hybridized carbons (Fsp3) is 0.438. The molecule has 1 saturated heterocycles. The number of aryl methyl sites for hydroxylation is 1. The zero-order valence-electron chi connectivity index (χ0n) is 13.1. The van der Waals surface area contributed by atoms with Crippen LogP contribution in [0.25, 0.3) is 0 Å². The number of rotatable bonds is 4. The van der Waals surface area contributed by atoms with Crippen molar-refractivity contribution in [1.29, 1.82) is 0 Å². The Morgan fingerprint density at radius 3 is 2.78 bits per heavy atom. The summed E-state index contributed by atoms with van der Waals surface area (Å²) in [5, 5.41) is 3.28. The summed E-state index contributed by atoms with van der Waals surface area (Å²) >= 11 is 6.05. The Balaban J connectivity index is 2.13. The van der Waals surface area contributed by atoms with Crippen LogP contribution in [0.1, 0.15) is 24.8 Å². The third kappa shape index (κ3) is 4.34. The van der Waals surface area contributed by atoms with Crippen LogP contribution in [0.3, 0.4) is 0 Å². The fourth-order valence-corrected chi connectivity index (χ4v) is 4.36. The number of halogens is 1. The Hall–Kier alpha value is -1.37. The first-order valence-electron chi connectivity index (χ1n) is 7.54. The van der Waals surface area contributed by atoms with Gasteiger partial charge in [0.05, 0.1) is 4.90 Å². The summed E-state index contributed by atoms with van der Waals surface area (Å²) in [7, 11) is -3.57. The summed E-state index contributed by atoms with van der Waals surface area (Å²) in [6, 6.07) is 4.76. The van der Waals surface area contributed by atoms with Crippen molar-refractivity contribution in [2.24, 2.45) is 0 Å². The highest BCUT2D eigenvalue weighted by Crippen LogP contribution is 2.24. The Bertz CT molecular complexity index is 703. The molecule has 0 saturated carbocycles. The second-order valence-corrected chi connectivity index (χ2v) is 8.00. The lowest BCUT2D eigenvalue weighted by atomic mass is 10.1.